The molecule has 0 saturated carbocycles. The summed E-state index contributed by atoms with van der Waals surface area (Å²) >= 11 is 12.0. The SMILES string of the molecule is CN(CC(=O)N1CCCCC1c1nc(-c2cccc(Cl)c2)no1)C(=O)c1ccc(Cl)cc1. The fraction of sp³-hybridized carbons (Fsp3) is 0.304. The molecule has 1 saturated heterocycles. The molecular weight excluding hydrogens is 451 g/mol. The first kappa shape index (κ1) is 22.3. The molecule has 1 fully saturated rings. The number of carbonyl (C=O) groups excluding carboxylic acids is 2. The quantitative estimate of drug-likeness (QED) is 0.529. The third-order valence-corrected chi connectivity index (χ3v) is 5.93. The van der Waals surface area contributed by atoms with Crippen molar-refractivity contribution in [2.24, 2.45) is 0 Å². The van der Waals surface area contributed by atoms with Crippen molar-refractivity contribution in [3.8, 4) is 11.4 Å². The van der Waals surface area contributed by atoms with E-state index in [0.717, 1.165) is 24.8 Å². The van der Waals surface area contributed by atoms with Crippen LogP contribution in [0.2, 0.25) is 10.0 Å². The summed E-state index contributed by atoms with van der Waals surface area (Å²) in [6.07, 6.45) is 2.55. The summed E-state index contributed by atoms with van der Waals surface area (Å²) in [4.78, 5) is 33.4. The molecule has 2 aromatic carbocycles. The van der Waals surface area contributed by atoms with Crippen molar-refractivity contribution in [3.05, 3.63) is 70.0 Å². The lowest BCUT2D eigenvalue weighted by atomic mass is 10.0. The van der Waals surface area contributed by atoms with Crippen molar-refractivity contribution in [2.75, 3.05) is 20.1 Å². The molecule has 1 aliphatic rings. The first-order chi connectivity index (χ1) is 15.4. The summed E-state index contributed by atoms with van der Waals surface area (Å²) < 4.78 is 5.52. The Labute approximate surface area is 195 Å². The molecule has 1 unspecified atom stereocenters. The molecule has 2 amide bonds. The number of aromatic nitrogens is 2. The molecule has 1 atom stereocenters. The number of rotatable bonds is 5. The van der Waals surface area contributed by atoms with E-state index in [9.17, 15) is 9.59 Å². The minimum atomic E-state index is -0.323. The Bertz CT molecular complexity index is 1120. The van der Waals surface area contributed by atoms with Gasteiger partial charge in [0.05, 0.1) is 6.54 Å². The maximum absolute atomic E-state index is 13.1. The molecule has 1 aromatic heterocycles. The zero-order chi connectivity index (χ0) is 22.7. The number of piperidine rings is 1. The van der Waals surface area contributed by atoms with Crippen LogP contribution in [0.5, 0.6) is 0 Å². The van der Waals surface area contributed by atoms with Gasteiger partial charge in [0.25, 0.3) is 5.91 Å². The minimum absolute atomic E-state index is 0.0484. The second-order valence-corrected chi connectivity index (χ2v) is 8.61. The Morgan fingerprint density at radius 3 is 2.66 bits per heavy atom. The smallest absolute Gasteiger partial charge is 0.254 e. The Balaban J connectivity index is 1.48. The molecule has 0 N–H and O–H groups in total. The summed E-state index contributed by atoms with van der Waals surface area (Å²) in [6.45, 7) is 0.522. The van der Waals surface area contributed by atoms with Gasteiger partial charge in [0.1, 0.15) is 6.04 Å². The van der Waals surface area contributed by atoms with Crippen LogP contribution in [-0.4, -0.2) is 51.9 Å². The van der Waals surface area contributed by atoms with E-state index in [1.807, 2.05) is 12.1 Å². The predicted octanol–water partition coefficient (Wildman–Crippen LogP) is 4.87. The van der Waals surface area contributed by atoms with Crippen LogP contribution >= 0.6 is 23.2 Å². The number of hydrogen-bond donors (Lipinski definition) is 0. The number of hydrogen-bond acceptors (Lipinski definition) is 5. The monoisotopic (exact) mass is 472 g/mol. The number of amides is 2. The van der Waals surface area contributed by atoms with Gasteiger partial charge in [-0.1, -0.05) is 40.5 Å². The molecule has 3 aromatic rings. The van der Waals surface area contributed by atoms with Gasteiger partial charge < -0.3 is 14.3 Å². The summed E-state index contributed by atoms with van der Waals surface area (Å²) in [5, 5.41) is 5.20. The number of likely N-dealkylation sites (N-methyl/N-ethyl adjacent to an activating group) is 1. The second-order valence-electron chi connectivity index (χ2n) is 7.73. The molecule has 1 aliphatic heterocycles. The highest BCUT2D eigenvalue weighted by atomic mass is 35.5. The van der Waals surface area contributed by atoms with Gasteiger partial charge >= 0.3 is 0 Å². The lowest BCUT2D eigenvalue weighted by molar-refractivity contribution is -0.136. The highest BCUT2D eigenvalue weighted by Gasteiger charge is 2.33. The van der Waals surface area contributed by atoms with Crippen molar-refractivity contribution >= 4 is 35.0 Å². The van der Waals surface area contributed by atoms with Crippen LogP contribution in [0.1, 0.15) is 41.6 Å². The van der Waals surface area contributed by atoms with Gasteiger partial charge in [0.2, 0.25) is 17.6 Å². The van der Waals surface area contributed by atoms with Gasteiger partial charge in [-0.15, -0.1) is 0 Å². The summed E-state index contributed by atoms with van der Waals surface area (Å²) in [5.41, 5.74) is 1.22. The molecule has 2 heterocycles. The van der Waals surface area contributed by atoms with Gasteiger partial charge in [-0.05, 0) is 55.7 Å². The van der Waals surface area contributed by atoms with Crippen LogP contribution in [0, 0.1) is 0 Å². The molecule has 32 heavy (non-hydrogen) atoms. The first-order valence-electron chi connectivity index (χ1n) is 10.3. The average Bonchev–Trinajstić information content (AvgIpc) is 3.29. The maximum atomic E-state index is 13.1. The van der Waals surface area contributed by atoms with E-state index < -0.39 is 0 Å². The van der Waals surface area contributed by atoms with Gasteiger partial charge in [0.15, 0.2) is 0 Å². The number of benzene rings is 2. The average molecular weight is 473 g/mol. The highest BCUT2D eigenvalue weighted by Crippen LogP contribution is 2.31. The molecule has 4 rings (SSSR count). The molecule has 9 heteroatoms. The van der Waals surface area contributed by atoms with E-state index in [-0.39, 0.29) is 24.4 Å². The van der Waals surface area contributed by atoms with E-state index in [1.165, 1.54) is 4.90 Å². The van der Waals surface area contributed by atoms with Gasteiger partial charge in [-0.25, -0.2) is 0 Å². The van der Waals surface area contributed by atoms with E-state index in [0.29, 0.717) is 33.9 Å². The zero-order valence-corrected chi connectivity index (χ0v) is 19.0. The number of carbonyl (C=O) groups is 2. The van der Waals surface area contributed by atoms with Crippen molar-refractivity contribution < 1.29 is 14.1 Å². The van der Waals surface area contributed by atoms with E-state index in [2.05, 4.69) is 10.1 Å². The molecule has 7 nitrogen and oxygen atoms in total. The van der Waals surface area contributed by atoms with E-state index >= 15 is 0 Å². The Morgan fingerprint density at radius 1 is 1.12 bits per heavy atom. The van der Waals surface area contributed by atoms with Crippen LogP contribution < -0.4 is 0 Å². The first-order valence-corrected chi connectivity index (χ1v) is 11.1. The van der Waals surface area contributed by atoms with Crippen LogP contribution in [0.25, 0.3) is 11.4 Å². The molecule has 0 spiro atoms. The standard InChI is InChI=1S/C23H22Cl2N4O3/c1-28(23(31)15-8-10-17(24)11-9-15)14-20(30)29-12-3-2-7-19(29)22-26-21(27-32-22)16-5-4-6-18(25)13-16/h4-6,8-11,13,19H,2-3,7,12,14H2,1H3. The fourth-order valence-electron chi connectivity index (χ4n) is 3.78. The largest absolute Gasteiger partial charge is 0.337 e. The predicted molar refractivity (Wildman–Crippen MR) is 121 cm³/mol. The highest BCUT2D eigenvalue weighted by molar-refractivity contribution is 6.31. The van der Waals surface area contributed by atoms with Crippen LogP contribution in [-0.2, 0) is 4.79 Å². The molecule has 0 aliphatic carbocycles. The van der Waals surface area contributed by atoms with E-state index in [4.69, 9.17) is 27.7 Å². The van der Waals surface area contributed by atoms with Crippen molar-refractivity contribution in [1.29, 1.82) is 0 Å². The minimum Gasteiger partial charge on any atom is -0.337 e. The Hall–Kier alpha value is -2.90. The Morgan fingerprint density at radius 2 is 1.91 bits per heavy atom. The summed E-state index contributed by atoms with van der Waals surface area (Å²) in [7, 11) is 1.61. The van der Waals surface area contributed by atoms with Crippen molar-refractivity contribution in [3.63, 3.8) is 0 Å². The molecular formula is C23H22Cl2N4O3. The van der Waals surface area contributed by atoms with Crippen LogP contribution in [0.15, 0.2) is 53.1 Å². The summed E-state index contributed by atoms with van der Waals surface area (Å²) in [6, 6.07) is 13.5. The fourth-order valence-corrected chi connectivity index (χ4v) is 4.10. The van der Waals surface area contributed by atoms with Crippen molar-refractivity contribution in [2.45, 2.75) is 25.3 Å². The summed E-state index contributed by atoms with van der Waals surface area (Å²) in [5.74, 6) is 0.404. The van der Waals surface area contributed by atoms with Gasteiger partial charge in [-0.2, -0.15) is 4.98 Å². The zero-order valence-electron chi connectivity index (χ0n) is 17.5. The van der Waals surface area contributed by atoms with Gasteiger partial charge in [-0.3, -0.25) is 9.59 Å². The van der Waals surface area contributed by atoms with Crippen LogP contribution in [0.4, 0.5) is 0 Å². The second kappa shape index (κ2) is 9.71. The maximum Gasteiger partial charge on any atom is 0.254 e. The topological polar surface area (TPSA) is 79.5 Å². The molecule has 166 valence electrons. The van der Waals surface area contributed by atoms with Crippen molar-refractivity contribution in [1.82, 2.24) is 19.9 Å². The number of likely N-dealkylation sites (tertiary alicyclic amines) is 1. The van der Waals surface area contributed by atoms with Crippen LogP contribution in [0.3, 0.4) is 0 Å². The molecule has 0 radical (unpaired) electrons. The molecule has 0 bridgehead atoms. The third kappa shape index (κ3) is 4.95. The normalized spacial score (nSPS) is 16.1. The number of halogens is 2. The van der Waals surface area contributed by atoms with E-state index in [1.54, 1.807) is 48.3 Å². The Kier molecular flexibility index (Phi) is 6.77. The third-order valence-electron chi connectivity index (χ3n) is 5.44. The van der Waals surface area contributed by atoms with Gasteiger partial charge in [0, 0.05) is 34.8 Å². The lowest BCUT2D eigenvalue weighted by Gasteiger charge is -2.34. The number of nitrogens with zero attached hydrogens (tertiary/aromatic N) is 4. The lowest BCUT2D eigenvalue weighted by Crippen LogP contribution is -2.44.